The smallest absolute Gasteiger partial charge is 0.341 e. The highest BCUT2D eigenvalue weighted by molar-refractivity contribution is 5.90. The molecule has 0 radical (unpaired) electrons. The first-order valence-electron chi connectivity index (χ1n) is 7.18. The highest BCUT2D eigenvalue weighted by Gasteiger charge is 2.19. The molecular weight excluding hydrogens is 256 g/mol. The SMILES string of the molecule is CCOC(=O)c1cnc(NCCCNC2CC2)nc1C. The van der Waals surface area contributed by atoms with Gasteiger partial charge in [0.2, 0.25) is 5.95 Å². The van der Waals surface area contributed by atoms with Crippen LogP contribution in [0.3, 0.4) is 0 Å². The van der Waals surface area contributed by atoms with Crippen molar-refractivity contribution in [1.29, 1.82) is 0 Å². The molecule has 0 aromatic carbocycles. The molecule has 6 heteroatoms. The van der Waals surface area contributed by atoms with E-state index in [0.29, 0.717) is 23.8 Å². The van der Waals surface area contributed by atoms with E-state index in [1.54, 1.807) is 13.8 Å². The fourth-order valence-corrected chi connectivity index (χ4v) is 1.84. The minimum absolute atomic E-state index is 0.353. The average molecular weight is 278 g/mol. The molecule has 1 aromatic rings. The van der Waals surface area contributed by atoms with Gasteiger partial charge in [-0.25, -0.2) is 14.8 Å². The van der Waals surface area contributed by atoms with Crippen molar-refractivity contribution < 1.29 is 9.53 Å². The molecular formula is C14H22N4O2. The third-order valence-corrected chi connectivity index (χ3v) is 3.12. The van der Waals surface area contributed by atoms with Gasteiger partial charge in [-0.1, -0.05) is 0 Å². The molecule has 20 heavy (non-hydrogen) atoms. The maximum Gasteiger partial charge on any atom is 0.341 e. The Morgan fingerprint density at radius 1 is 1.45 bits per heavy atom. The number of aryl methyl sites for hydroxylation is 1. The number of anilines is 1. The molecule has 1 saturated carbocycles. The van der Waals surface area contributed by atoms with Crippen LogP contribution in [-0.4, -0.2) is 41.7 Å². The van der Waals surface area contributed by atoms with Crippen LogP contribution in [0.1, 0.15) is 42.2 Å². The Balaban J connectivity index is 1.77. The molecule has 0 saturated heterocycles. The summed E-state index contributed by atoms with van der Waals surface area (Å²) in [4.78, 5) is 20.0. The molecule has 6 nitrogen and oxygen atoms in total. The average Bonchev–Trinajstić information content (AvgIpc) is 3.23. The van der Waals surface area contributed by atoms with E-state index in [0.717, 1.165) is 25.6 Å². The van der Waals surface area contributed by atoms with Gasteiger partial charge >= 0.3 is 5.97 Å². The molecule has 0 atom stereocenters. The van der Waals surface area contributed by atoms with Crippen molar-refractivity contribution in [2.45, 2.75) is 39.2 Å². The second-order valence-electron chi connectivity index (χ2n) is 4.92. The molecule has 1 aliphatic carbocycles. The minimum atomic E-state index is -0.370. The lowest BCUT2D eigenvalue weighted by molar-refractivity contribution is 0.0524. The predicted molar refractivity (Wildman–Crippen MR) is 76.9 cm³/mol. The van der Waals surface area contributed by atoms with E-state index in [1.165, 1.54) is 19.0 Å². The van der Waals surface area contributed by atoms with E-state index in [9.17, 15) is 4.79 Å². The third kappa shape index (κ3) is 4.45. The summed E-state index contributed by atoms with van der Waals surface area (Å²) in [5.74, 6) is 0.187. The Hall–Kier alpha value is -1.69. The fourth-order valence-electron chi connectivity index (χ4n) is 1.84. The second-order valence-corrected chi connectivity index (χ2v) is 4.92. The number of carbonyl (C=O) groups is 1. The monoisotopic (exact) mass is 278 g/mol. The summed E-state index contributed by atoms with van der Waals surface area (Å²) in [5, 5.41) is 6.61. The lowest BCUT2D eigenvalue weighted by Crippen LogP contribution is -2.20. The number of carbonyl (C=O) groups excluding carboxylic acids is 1. The van der Waals surface area contributed by atoms with Crippen molar-refractivity contribution in [1.82, 2.24) is 15.3 Å². The molecule has 1 heterocycles. The molecule has 110 valence electrons. The first-order chi connectivity index (χ1) is 9.70. The largest absolute Gasteiger partial charge is 0.462 e. The number of aromatic nitrogens is 2. The highest BCUT2D eigenvalue weighted by Crippen LogP contribution is 2.18. The van der Waals surface area contributed by atoms with Gasteiger partial charge in [-0.3, -0.25) is 0 Å². The van der Waals surface area contributed by atoms with Crippen LogP contribution in [0.5, 0.6) is 0 Å². The molecule has 1 fully saturated rings. The van der Waals surface area contributed by atoms with E-state index in [1.807, 2.05) is 0 Å². The Labute approximate surface area is 119 Å². The number of hydrogen-bond acceptors (Lipinski definition) is 6. The number of nitrogens with zero attached hydrogens (tertiary/aromatic N) is 2. The van der Waals surface area contributed by atoms with Gasteiger partial charge in [0, 0.05) is 18.8 Å². The van der Waals surface area contributed by atoms with Gasteiger partial charge in [-0.05, 0) is 39.7 Å². The number of nitrogens with one attached hydrogen (secondary N) is 2. The zero-order valence-corrected chi connectivity index (χ0v) is 12.1. The van der Waals surface area contributed by atoms with Gasteiger partial charge in [0.05, 0.1) is 17.9 Å². The summed E-state index contributed by atoms with van der Waals surface area (Å²) in [5.41, 5.74) is 1.06. The molecule has 2 rings (SSSR count). The van der Waals surface area contributed by atoms with Gasteiger partial charge in [0.15, 0.2) is 0 Å². The van der Waals surface area contributed by atoms with E-state index < -0.39 is 0 Å². The summed E-state index contributed by atoms with van der Waals surface area (Å²) in [6.45, 7) is 5.75. The van der Waals surface area contributed by atoms with Gasteiger partial charge < -0.3 is 15.4 Å². The second kappa shape index (κ2) is 7.19. The van der Waals surface area contributed by atoms with Crippen molar-refractivity contribution in [3.63, 3.8) is 0 Å². The van der Waals surface area contributed by atoms with Crippen LogP contribution >= 0.6 is 0 Å². The first kappa shape index (κ1) is 14.7. The Morgan fingerprint density at radius 3 is 2.90 bits per heavy atom. The van der Waals surface area contributed by atoms with Crippen LogP contribution in [0.25, 0.3) is 0 Å². The standard InChI is InChI=1S/C14H22N4O2/c1-3-20-13(19)12-9-17-14(18-10(12)2)16-8-4-7-15-11-5-6-11/h9,11,15H,3-8H2,1-2H3,(H,16,17,18). The number of esters is 1. The number of rotatable bonds is 8. The van der Waals surface area contributed by atoms with Crippen LogP contribution in [0.2, 0.25) is 0 Å². The van der Waals surface area contributed by atoms with Crippen molar-refractivity contribution in [2.75, 3.05) is 25.0 Å². The maximum absolute atomic E-state index is 11.6. The van der Waals surface area contributed by atoms with Gasteiger partial charge in [0.25, 0.3) is 0 Å². The van der Waals surface area contributed by atoms with Crippen LogP contribution < -0.4 is 10.6 Å². The molecule has 0 unspecified atom stereocenters. The molecule has 0 spiro atoms. The van der Waals surface area contributed by atoms with Gasteiger partial charge in [0.1, 0.15) is 0 Å². The van der Waals surface area contributed by atoms with Crippen molar-refractivity contribution in [3.05, 3.63) is 17.5 Å². The van der Waals surface area contributed by atoms with E-state index >= 15 is 0 Å². The predicted octanol–water partition coefficient (Wildman–Crippen LogP) is 1.52. The van der Waals surface area contributed by atoms with Crippen molar-refractivity contribution in [2.24, 2.45) is 0 Å². The molecule has 0 bridgehead atoms. The topological polar surface area (TPSA) is 76.1 Å². The fraction of sp³-hybridized carbons (Fsp3) is 0.643. The molecule has 1 aromatic heterocycles. The lowest BCUT2D eigenvalue weighted by Gasteiger charge is -2.08. The summed E-state index contributed by atoms with van der Waals surface area (Å²) in [7, 11) is 0. The van der Waals surface area contributed by atoms with Gasteiger partial charge in [-0.15, -0.1) is 0 Å². The Kier molecular flexibility index (Phi) is 5.29. The van der Waals surface area contributed by atoms with Gasteiger partial charge in [-0.2, -0.15) is 0 Å². The Morgan fingerprint density at radius 2 is 2.25 bits per heavy atom. The lowest BCUT2D eigenvalue weighted by atomic mass is 10.2. The molecule has 0 amide bonds. The zero-order chi connectivity index (χ0) is 14.4. The zero-order valence-electron chi connectivity index (χ0n) is 12.1. The molecule has 1 aliphatic rings. The highest BCUT2D eigenvalue weighted by atomic mass is 16.5. The summed E-state index contributed by atoms with van der Waals surface area (Å²) in [6.07, 6.45) is 5.17. The third-order valence-electron chi connectivity index (χ3n) is 3.12. The van der Waals surface area contributed by atoms with E-state index in [4.69, 9.17) is 4.74 Å². The van der Waals surface area contributed by atoms with Crippen LogP contribution in [0, 0.1) is 6.92 Å². The molecule has 0 aliphatic heterocycles. The summed E-state index contributed by atoms with van der Waals surface area (Å²) in [6, 6.07) is 0.748. The van der Waals surface area contributed by atoms with Crippen LogP contribution in [0.4, 0.5) is 5.95 Å². The van der Waals surface area contributed by atoms with Crippen molar-refractivity contribution >= 4 is 11.9 Å². The quantitative estimate of drug-likeness (QED) is 0.554. The normalized spacial score (nSPS) is 14.1. The Bertz CT molecular complexity index is 460. The maximum atomic E-state index is 11.6. The number of ether oxygens (including phenoxy) is 1. The first-order valence-corrected chi connectivity index (χ1v) is 7.18. The van der Waals surface area contributed by atoms with Crippen molar-refractivity contribution in [3.8, 4) is 0 Å². The summed E-state index contributed by atoms with van der Waals surface area (Å²) >= 11 is 0. The summed E-state index contributed by atoms with van der Waals surface area (Å²) < 4.78 is 4.94. The van der Waals surface area contributed by atoms with E-state index in [2.05, 4.69) is 20.6 Å². The van der Waals surface area contributed by atoms with Crippen LogP contribution in [0.15, 0.2) is 6.20 Å². The number of hydrogen-bond donors (Lipinski definition) is 2. The van der Waals surface area contributed by atoms with E-state index in [-0.39, 0.29) is 5.97 Å². The molecule has 2 N–H and O–H groups in total. The minimum Gasteiger partial charge on any atom is -0.462 e. The van der Waals surface area contributed by atoms with Crippen LogP contribution in [-0.2, 0) is 4.74 Å².